The van der Waals surface area contributed by atoms with Gasteiger partial charge in [0.1, 0.15) is 19.3 Å². The smallest absolute Gasteiger partial charge is 0.268 e. The minimum atomic E-state index is -4.47. The average molecular weight is 802 g/mol. The molecule has 7 nitrogen and oxygen atoms in total. The van der Waals surface area contributed by atoms with Gasteiger partial charge in [-0.05, 0) is 146 Å². The van der Waals surface area contributed by atoms with Gasteiger partial charge in [0.2, 0.25) is 0 Å². The summed E-state index contributed by atoms with van der Waals surface area (Å²) in [6.45, 7) is 23.1. The number of ether oxygens (including phenoxy) is 2. The van der Waals surface area contributed by atoms with Crippen molar-refractivity contribution in [3.63, 3.8) is 0 Å². The van der Waals surface area contributed by atoms with Crippen LogP contribution in [0.3, 0.4) is 0 Å². The van der Waals surface area contributed by atoms with Crippen molar-refractivity contribution in [1.82, 2.24) is 0 Å². The van der Waals surface area contributed by atoms with E-state index in [4.69, 9.17) is 18.5 Å². The second-order valence-corrected chi connectivity index (χ2v) is 18.6. The lowest BCUT2D eigenvalue weighted by Gasteiger charge is -2.28. The molecular weight excluding hydrogens is 718 g/mol. The van der Waals surface area contributed by atoms with Crippen molar-refractivity contribution in [1.29, 1.82) is 0 Å². The second-order valence-electron chi connectivity index (χ2n) is 17.2. The standard InChI is InChI=1S/C48H84NO6P/c1-40(2)20-14-22-42(5)24-16-26-44(7)28-18-30-46(9)32-35-52-38-48(39-55-56(50,51)54-37-34-49(11,12)13)53-36-33-47(10)31-19-29-45(8)27-17-25-43(6)23-15-21-41(3)4/h20-21,24-25,28-29,32-33,48H,14-19,22-23,26-27,30-31,34-39H2,1-13H3/b42-24+,43-25+,44-28+,45-29+,46-32+,47-33+/t48-/m1/s1. The molecule has 0 fully saturated rings. The minimum Gasteiger partial charge on any atom is -0.756 e. The SMILES string of the molecule is CC(C)=CCC/C(C)=C/CC/C(C)=C/CC/C(C)=C/COC[C@H](COP(=O)([O-])OCC[N+](C)(C)C)OC/C=C(\C)CC/C=C(\C)CC/C=C(\C)CCC=C(C)C. The van der Waals surface area contributed by atoms with Crippen molar-refractivity contribution in [2.24, 2.45) is 0 Å². The van der Waals surface area contributed by atoms with Gasteiger partial charge in [-0.2, -0.15) is 0 Å². The third kappa shape index (κ3) is 36.3. The molecule has 1 unspecified atom stereocenters. The molecule has 0 rings (SSSR count). The zero-order valence-corrected chi connectivity index (χ0v) is 39.2. The highest BCUT2D eigenvalue weighted by Crippen LogP contribution is 2.38. The molecule has 0 aromatic carbocycles. The van der Waals surface area contributed by atoms with Gasteiger partial charge in [0.25, 0.3) is 7.82 Å². The first-order valence-corrected chi connectivity index (χ1v) is 22.5. The fourth-order valence-corrected chi connectivity index (χ4v) is 6.21. The Kier molecular flexibility index (Phi) is 30.7. The van der Waals surface area contributed by atoms with Crippen LogP contribution in [0.1, 0.15) is 146 Å². The molecule has 2 atom stereocenters. The van der Waals surface area contributed by atoms with E-state index in [-0.39, 0.29) is 19.8 Å². The molecule has 322 valence electrons. The highest BCUT2D eigenvalue weighted by molar-refractivity contribution is 7.45. The molecular formula is C48H84NO6P. The summed E-state index contributed by atoms with van der Waals surface area (Å²) in [6.07, 6.45) is 30.4. The zero-order chi connectivity index (χ0) is 42.4. The van der Waals surface area contributed by atoms with Gasteiger partial charge in [0, 0.05) is 0 Å². The number of likely N-dealkylation sites (N-methyl/N-ethyl adjacent to an activating group) is 1. The molecule has 0 N–H and O–H groups in total. The van der Waals surface area contributed by atoms with Crippen LogP contribution in [0.4, 0.5) is 0 Å². The van der Waals surface area contributed by atoms with Crippen LogP contribution < -0.4 is 4.89 Å². The Morgan fingerprint density at radius 1 is 0.518 bits per heavy atom. The summed E-state index contributed by atoms with van der Waals surface area (Å²) >= 11 is 0. The normalized spacial score (nSPS) is 15.5. The molecule has 0 aliphatic heterocycles. The Bertz CT molecular complexity index is 1380. The number of nitrogens with zero attached hydrogens (tertiary/aromatic N) is 1. The topological polar surface area (TPSA) is 77.1 Å². The molecule has 0 spiro atoms. The van der Waals surface area contributed by atoms with E-state index in [1.54, 1.807) is 0 Å². The largest absolute Gasteiger partial charge is 0.756 e. The Balaban J connectivity index is 4.98. The maximum absolute atomic E-state index is 12.5. The van der Waals surface area contributed by atoms with Crippen molar-refractivity contribution in [3.8, 4) is 0 Å². The predicted octanol–water partition coefficient (Wildman–Crippen LogP) is 12.9. The van der Waals surface area contributed by atoms with Gasteiger partial charge in [-0.1, -0.05) is 93.2 Å². The summed E-state index contributed by atoms with van der Waals surface area (Å²) in [5, 5.41) is 0. The molecule has 0 aliphatic rings. The summed E-state index contributed by atoms with van der Waals surface area (Å²) in [5.74, 6) is 0. The van der Waals surface area contributed by atoms with E-state index in [1.165, 1.54) is 44.6 Å². The molecule has 0 bridgehead atoms. The van der Waals surface area contributed by atoms with Crippen molar-refractivity contribution >= 4 is 7.82 Å². The highest BCUT2D eigenvalue weighted by atomic mass is 31.2. The van der Waals surface area contributed by atoms with E-state index in [2.05, 4.69) is 118 Å². The van der Waals surface area contributed by atoms with E-state index in [9.17, 15) is 9.46 Å². The summed E-state index contributed by atoms with van der Waals surface area (Å²) in [5.41, 5.74) is 11.0. The molecule has 0 radical (unpaired) electrons. The first kappa shape index (κ1) is 53.9. The predicted molar refractivity (Wildman–Crippen MR) is 240 cm³/mol. The first-order valence-electron chi connectivity index (χ1n) is 21.1. The maximum atomic E-state index is 12.5. The van der Waals surface area contributed by atoms with Crippen LogP contribution in [0.5, 0.6) is 0 Å². The van der Waals surface area contributed by atoms with Gasteiger partial charge >= 0.3 is 0 Å². The maximum Gasteiger partial charge on any atom is 0.268 e. The molecule has 8 heteroatoms. The van der Waals surface area contributed by atoms with E-state index in [0.717, 1.165) is 77.0 Å². The summed E-state index contributed by atoms with van der Waals surface area (Å²) in [6, 6.07) is 0. The van der Waals surface area contributed by atoms with E-state index in [1.807, 2.05) is 21.1 Å². The van der Waals surface area contributed by atoms with E-state index >= 15 is 0 Å². The molecule has 56 heavy (non-hydrogen) atoms. The van der Waals surface area contributed by atoms with Gasteiger partial charge in [0.05, 0.1) is 47.6 Å². The molecule has 0 aromatic heterocycles. The average Bonchev–Trinajstić information content (AvgIpc) is 3.07. The van der Waals surface area contributed by atoms with Crippen LogP contribution in [-0.4, -0.2) is 71.3 Å². The van der Waals surface area contributed by atoms with Crippen LogP contribution in [0.25, 0.3) is 0 Å². The van der Waals surface area contributed by atoms with Crippen LogP contribution in [-0.2, 0) is 23.1 Å². The third-order valence-corrected chi connectivity index (χ3v) is 10.3. The second kappa shape index (κ2) is 31.8. The fourth-order valence-electron chi connectivity index (χ4n) is 5.48. The fraction of sp³-hybridized carbons (Fsp3) is 0.667. The van der Waals surface area contributed by atoms with E-state index in [0.29, 0.717) is 24.2 Å². The van der Waals surface area contributed by atoms with Gasteiger partial charge in [-0.3, -0.25) is 4.57 Å². The quantitative estimate of drug-likeness (QED) is 0.0292. The van der Waals surface area contributed by atoms with Crippen LogP contribution in [0.2, 0.25) is 0 Å². The number of hydrogen-bond acceptors (Lipinski definition) is 6. The number of hydrogen-bond donors (Lipinski definition) is 0. The number of phosphoric ester groups is 1. The molecule has 0 amide bonds. The van der Waals surface area contributed by atoms with Crippen molar-refractivity contribution < 1.29 is 32.5 Å². The van der Waals surface area contributed by atoms with Gasteiger partial charge in [-0.25, -0.2) is 0 Å². The molecule has 0 heterocycles. The molecule has 0 saturated heterocycles. The Labute approximate surface area is 345 Å². The van der Waals surface area contributed by atoms with Crippen LogP contribution in [0.15, 0.2) is 93.2 Å². The summed E-state index contributed by atoms with van der Waals surface area (Å²) < 4.78 is 35.5. The highest BCUT2D eigenvalue weighted by Gasteiger charge is 2.17. The Hall–Kier alpha value is -2.09. The number of phosphoric acid groups is 1. The first-order chi connectivity index (χ1) is 26.3. The lowest BCUT2D eigenvalue weighted by molar-refractivity contribution is -0.870. The molecule has 0 aromatic rings. The summed E-state index contributed by atoms with van der Waals surface area (Å²) in [4.78, 5) is 12.5. The molecule has 0 saturated carbocycles. The monoisotopic (exact) mass is 802 g/mol. The summed E-state index contributed by atoms with van der Waals surface area (Å²) in [7, 11) is 1.46. The van der Waals surface area contributed by atoms with Gasteiger partial charge < -0.3 is 27.9 Å². The number of rotatable bonds is 32. The number of quaternary nitrogens is 1. The Morgan fingerprint density at radius 3 is 1.25 bits per heavy atom. The number of allylic oxidation sites excluding steroid dienone is 14. The van der Waals surface area contributed by atoms with Crippen molar-refractivity contribution in [2.45, 2.75) is 152 Å². The van der Waals surface area contributed by atoms with Crippen molar-refractivity contribution in [2.75, 3.05) is 60.7 Å². The minimum absolute atomic E-state index is 0.0570. The zero-order valence-electron chi connectivity index (χ0n) is 38.3. The van der Waals surface area contributed by atoms with E-state index < -0.39 is 13.9 Å². The Morgan fingerprint density at radius 2 is 0.875 bits per heavy atom. The van der Waals surface area contributed by atoms with Gasteiger partial charge in [-0.15, -0.1) is 0 Å². The lowest BCUT2D eigenvalue weighted by atomic mass is 10.0. The van der Waals surface area contributed by atoms with Crippen molar-refractivity contribution in [3.05, 3.63) is 93.2 Å². The van der Waals surface area contributed by atoms with Crippen LogP contribution in [0, 0.1) is 0 Å². The molecule has 0 aliphatic carbocycles. The third-order valence-electron chi connectivity index (χ3n) is 9.36. The lowest BCUT2D eigenvalue weighted by Crippen LogP contribution is -2.37. The van der Waals surface area contributed by atoms with Gasteiger partial charge in [0.15, 0.2) is 0 Å². The van der Waals surface area contributed by atoms with Crippen LogP contribution >= 0.6 is 7.82 Å².